The van der Waals surface area contributed by atoms with E-state index in [1.165, 1.54) is 16.7 Å². The average molecular weight is 437 g/mol. The van der Waals surface area contributed by atoms with Crippen LogP contribution in [0.1, 0.15) is 37.7 Å². The predicted molar refractivity (Wildman–Crippen MR) is 117 cm³/mol. The van der Waals surface area contributed by atoms with E-state index in [1.54, 1.807) is 13.2 Å². The quantitative estimate of drug-likeness (QED) is 0.313. The van der Waals surface area contributed by atoms with Gasteiger partial charge >= 0.3 is 5.97 Å². The van der Waals surface area contributed by atoms with Crippen molar-refractivity contribution in [2.24, 2.45) is 0 Å². The summed E-state index contributed by atoms with van der Waals surface area (Å²) in [6.07, 6.45) is 4.11. The summed E-state index contributed by atoms with van der Waals surface area (Å²) in [5.74, 6) is -0.517. The first-order chi connectivity index (χ1) is 13.9. The van der Waals surface area contributed by atoms with Crippen LogP contribution >= 0.6 is 24.0 Å². The average Bonchev–Trinajstić information content (AvgIpc) is 2.96. The number of thioether (sulfide) groups is 1. The van der Waals surface area contributed by atoms with Crippen molar-refractivity contribution in [1.29, 1.82) is 0 Å². The van der Waals surface area contributed by atoms with Crippen LogP contribution in [-0.2, 0) is 14.4 Å². The normalized spacial score (nSPS) is 15.1. The van der Waals surface area contributed by atoms with Crippen LogP contribution in [0.25, 0.3) is 6.08 Å². The summed E-state index contributed by atoms with van der Waals surface area (Å²) in [4.78, 5) is 37.0. The molecule has 7 nitrogen and oxygen atoms in total. The molecule has 0 atom stereocenters. The largest absolute Gasteiger partial charge is 0.496 e. The molecule has 2 rings (SSSR count). The molecule has 1 aliphatic rings. The molecule has 1 aromatic carbocycles. The zero-order chi connectivity index (χ0) is 21.2. The molecule has 0 bridgehead atoms. The highest BCUT2D eigenvalue weighted by Gasteiger charge is 2.32. The minimum Gasteiger partial charge on any atom is -0.496 e. The van der Waals surface area contributed by atoms with Gasteiger partial charge in [-0.05, 0) is 25.0 Å². The third kappa shape index (κ3) is 7.17. The number of aliphatic carboxylic acids is 1. The highest BCUT2D eigenvalue weighted by molar-refractivity contribution is 8.26. The van der Waals surface area contributed by atoms with Gasteiger partial charge in [-0.1, -0.05) is 48.6 Å². The molecule has 156 valence electrons. The second-order valence-electron chi connectivity index (χ2n) is 6.38. The summed E-state index contributed by atoms with van der Waals surface area (Å²) in [5.41, 5.74) is 0.788. The van der Waals surface area contributed by atoms with E-state index in [1.807, 2.05) is 24.3 Å². The van der Waals surface area contributed by atoms with Gasteiger partial charge < -0.3 is 15.2 Å². The van der Waals surface area contributed by atoms with Crippen LogP contribution in [0.15, 0.2) is 29.2 Å². The van der Waals surface area contributed by atoms with Crippen LogP contribution in [-0.4, -0.2) is 52.3 Å². The van der Waals surface area contributed by atoms with Crippen molar-refractivity contribution in [2.45, 2.75) is 32.1 Å². The van der Waals surface area contributed by atoms with E-state index in [2.05, 4.69) is 5.32 Å². The molecule has 9 heteroatoms. The van der Waals surface area contributed by atoms with Crippen molar-refractivity contribution in [1.82, 2.24) is 10.2 Å². The first-order valence-corrected chi connectivity index (χ1v) is 10.5. The van der Waals surface area contributed by atoms with Gasteiger partial charge in [-0.2, -0.15) is 0 Å². The van der Waals surface area contributed by atoms with E-state index in [0.717, 1.165) is 18.4 Å². The van der Waals surface area contributed by atoms with Gasteiger partial charge in [0.2, 0.25) is 5.91 Å². The Morgan fingerprint density at radius 1 is 1.24 bits per heavy atom. The van der Waals surface area contributed by atoms with Gasteiger partial charge in [-0.25, -0.2) is 0 Å². The lowest BCUT2D eigenvalue weighted by atomic mass is 10.2. The van der Waals surface area contributed by atoms with E-state index >= 15 is 0 Å². The molecule has 1 aromatic rings. The molecule has 0 aromatic heterocycles. The molecule has 1 aliphatic heterocycles. The number of thiocarbonyl (C=S) groups is 1. The molecular formula is C20H24N2O5S2. The van der Waals surface area contributed by atoms with Crippen molar-refractivity contribution < 1.29 is 24.2 Å². The number of carboxylic acid groups (broad SMARTS) is 1. The zero-order valence-electron chi connectivity index (χ0n) is 16.2. The van der Waals surface area contributed by atoms with Gasteiger partial charge in [0.25, 0.3) is 5.91 Å². The van der Waals surface area contributed by atoms with Gasteiger partial charge in [-0.3, -0.25) is 19.3 Å². The van der Waals surface area contributed by atoms with Gasteiger partial charge in [0.1, 0.15) is 10.1 Å². The number of hydrogen-bond acceptors (Lipinski definition) is 6. The van der Waals surface area contributed by atoms with E-state index < -0.39 is 5.97 Å². The SMILES string of the molecule is COc1ccccc1/C=C1\SC(=S)N(CCC(=O)NCCCCCC(=O)O)C1=O. The highest BCUT2D eigenvalue weighted by atomic mass is 32.2. The number of hydrogen-bond donors (Lipinski definition) is 2. The molecular weight excluding hydrogens is 412 g/mol. The monoisotopic (exact) mass is 436 g/mol. The molecule has 2 N–H and O–H groups in total. The first-order valence-electron chi connectivity index (χ1n) is 9.29. The molecule has 0 spiro atoms. The lowest BCUT2D eigenvalue weighted by Gasteiger charge is -2.14. The molecule has 0 unspecified atom stereocenters. The first kappa shape index (κ1) is 22.9. The third-order valence-corrected chi connectivity index (χ3v) is 5.63. The second kappa shape index (κ2) is 11.6. The van der Waals surface area contributed by atoms with E-state index in [9.17, 15) is 14.4 Å². The Labute approximate surface area is 179 Å². The summed E-state index contributed by atoms with van der Waals surface area (Å²) >= 11 is 6.51. The number of methoxy groups -OCH3 is 1. The minimum absolute atomic E-state index is 0.144. The number of nitrogens with one attached hydrogen (secondary N) is 1. The molecule has 2 amide bonds. The van der Waals surface area contributed by atoms with Crippen molar-refractivity contribution >= 4 is 52.2 Å². The standard InChI is InChI=1S/C20H24N2O5S2/c1-27-15-8-5-4-7-14(15)13-16-19(26)22(20(28)29-16)12-10-17(23)21-11-6-2-3-9-18(24)25/h4-5,7-8,13H,2-3,6,9-12H2,1H3,(H,21,23)(H,24,25)/b16-13-. The Morgan fingerprint density at radius 2 is 2.00 bits per heavy atom. The lowest BCUT2D eigenvalue weighted by molar-refractivity contribution is -0.137. The van der Waals surface area contributed by atoms with Gasteiger partial charge in [-0.15, -0.1) is 0 Å². The van der Waals surface area contributed by atoms with Crippen molar-refractivity contribution in [2.75, 3.05) is 20.2 Å². The maximum absolute atomic E-state index is 12.6. The maximum atomic E-state index is 12.6. The van der Waals surface area contributed by atoms with E-state index in [4.69, 9.17) is 22.1 Å². The van der Waals surface area contributed by atoms with Crippen LogP contribution in [0.3, 0.4) is 0 Å². The zero-order valence-corrected chi connectivity index (χ0v) is 17.8. The fourth-order valence-electron chi connectivity index (χ4n) is 2.73. The number of carbonyl (C=O) groups excluding carboxylic acids is 2. The van der Waals surface area contributed by atoms with Crippen LogP contribution < -0.4 is 10.1 Å². The van der Waals surface area contributed by atoms with Crippen LogP contribution in [0.4, 0.5) is 0 Å². The molecule has 0 aliphatic carbocycles. The van der Waals surface area contributed by atoms with Crippen LogP contribution in [0.2, 0.25) is 0 Å². The Kier molecular flexibility index (Phi) is 9.14. The number of rotatable bonds is 11. The predicted octanol–water partition coefficient (Wildman–Crippen LogP) is 3.05. The smallest absolute Gasteiger partial charge is 0.303 e. The Balaban J connectivity index is 1.80. The number of carbonyl (C=O) groups is 3. The number of ether oxygens (including phenoxy) is 1. The number of unbranched alkanes of at least 4 members (excludes halogenated alkanes) is 2. The van der Waals surface area contributed by atoms with Crippen LogP contribution in [0.5, 0.6) is 5.75 Å². The number of nitrogens with zero attached hydrogens (tertiary/aromatic N) is 1. The number of benzene rings is 1. The number of para-hydroxylation sites is 1. The van der Waals surface area contributed by atoms with Crippen LogP contribution in [0, 0.1) is 0 Å². The topological polar surface area (TPSA) is 95.9 Å². The molecule has 29 heavy (non-hydrogen) atoms. The minimum atomic E-state index is -0.808. The summed E-state index contributed by atoms with van der Waals surface area (Å²) in [7, 11) is 1.57. The maximum Gasteiger partial charge on any atom is 0.303 e. The Bertz CT molecular complexity index is 810. The summed E-state index contributed by atoms with van der Waals surface area (Å²) in [6, 6.07) is 7.39. The van der Waals surface area contributed by atoms with Crippen molar-refractivity contribution in [3.05, 3.63) is 34.7 Å². The fourth-order valence-corrected chi connectivity index (χ4v) is 4.03. The molecule has 1 fully saturated rings. The molecule has 1 heterocycles. The van der Waals surface area contributed by atoms with Crippen molar-refractivity contribution in [3.63, 3.8) is 0 Å². The molecule has 1 saturated heterocycles. The lowest BCUT2D eigenvalue weighted by Crippen LogP contribution is -2.33. The number of amides is 2. The molecule has 0 radical (unpaired) electrons. The summed E-state index contributed by atoms with van der Waals surface area (Å²) in [6.45, 7) is 0.712. The number of carboxylic acids is 1. The fraction of sp³-hybridized carbons (Fsp3) is 0.400. The van der Waals surface area contributed by atoms with E-state index in [0.29, 0.717) is 27.9 Å². The van der Waals surface area contributed by atoms with Gasteiger partial charge in [0.15, 0.2) is 0 Å². The van der Waals surface area contributed by atoms with E-state index in [-0.39, 0.29) is 31.2 Å². The summed E-state index contributed by atoms with van der Waals surface area (Å²) < 4.78 is 5.73. The van der Waals surface area contributed by atoms with Crippen molar-refractivity contribution in [3.8, 4) is 5.75 Å². The highest BCUT2D eigenvalue weighted by Crippen LogP contribution is 2.34. The second-order valence-corrected chi connectivity index (χ2v) is 8.06. The third-order valence-electron chi connectivity index (χ3n) is 4.25. The van der Waals surface area contributed by atoms with Gasteiger partial charge in [0.05, 0.1) is 12.0 Å². The van der Waals surface area contributed by atoms with Gasteiger partial charge in [0, 0.05) is 31.5 Å². The Hall–Kier alpha value is -2.39. The Morgan fingerprint density at radius 3 is 2.72 bits per heavy atom. The summed E-state index contributed by atoms with van der Waals surface area (Å²) in [5, 5.41) is 11.4. The molecule has 0 saturated carbocycles.